The summed E-state index contributed by atoms with van der Waals surface area (Å²) in [6.07, 6.45) is 4.43. The van der Waals surface area contributed by atoms with Crippen molar-refractivity contribution in [3.63, 3.8) is 0 Å². The van der Waals surface area contributed by atoms with Crippen LogP contribution in [0.5, 0.6) is 0 Å². The summed E-state index contributed by atoms with van der Waals surface area (Å²) >= 11 is 1.42. The Hall–Kier alpha value is -1.42. The van der Waals surface area contributed by atoms with Crippen LogP contribution in [0.4, 0.5) is 5.00 Å². The molecule has 3 rings (SSSR count). The van der Waals surface area contributed by atoms with E-state index in [0.717, 1.165) is 10.9 Å². The minimum atomic E-state index is 0.420. The molecular formula is C12H13N3S. The van der Waals surface area contributed by atoms with Crippen molar-refractivity contribution in [2.45, 2.75) is 18.9 Å². The molecule has 1 aliphatic carbocycles. The molecule has 1 heterocycles. The molecule has 0 spiro atoms. The van der Waals surface area contributed by atoms with Crippen LogP contribution in [-0.2, 0) is 0 Å². The Bertz CT molecular complexity index is 437. The van der Waals surface area contributed by atoms with Crippen molar-refractivity contribution in [3.8, 4) is 0 Å². The van der Waals surface area contributed by atoms with E-state index < -0.39 is 0 Å². The minimum Gasteiger partial charge on any atom is -0.367 e. The quantitative estimate of drug-likeness (QED) is 0.878. The van der Waals surface area contributed by atoms with E-state index >= 15 is 0 Å². The van der Waals surface area contributed by atoms with Crippen LogP contribution in [0, 0.1) is 5.92 Å². The van der Waals surface area contributed by atoms with Gasteiger partial charge in [0, 0.05) is 11.5 Å². The maximum atomic E-state index is 3.88. The predicted molar refractivity (Wildman–Crippen MR) is 65.4 cm³/mol. The lowest BCUT2D eigenvalue weighted by Crippen LogP contribution is -2.11. The zero-order valence-electron chi connectivity index (χ0n) is 8.84. The standard InChI is InChI=1S/C12H13N3S/c1-2-4-9(5-3-1)12(10-6-7-10)14-11-8-13-15-16-11/h1-5,8,10,12,14H,6-7H2. The van der Waals surface area contributed by atoms with E-state index in [9.17, 15) is 0 Å². The van der Waals surface area contributed by atoms with E-state index in [4.69, 9.17) is 0 Å². The van der Waals surface area contributed by atoms with Gasteiger partial charge in [0.2, 0.25) is 0 Å². The highest BCUT2D eigenvalue weighted by atomic mass is 32.1. The fourth-order valence-electron chi connectivity index (χ4n) is 1.95. The molecule has 3 nitrogen and oxygen atoms in total. The van der Waals surface area contributed by atoms with Gasteiger partial charge < -0.3 is 5.32 Å². The first-order valence-corrected chi connectivity index (χ1v) is 6.29. The topological polar surface area (TPSA) is 37.8 Å². The van der Waals surface area contributed by atoms with E-state index in [-0.39, 0.29) is 0 Å². The summed E-state index contributed by atoms with van der Waals surface area (Å²) in [4.78, 5) is 0. The van der Waals surface area contributed by atoms with E-state index in [0.29, 0.717) is 6.04 Å². The first-order valence-electron chi connectivity index (χ1n) is 5.52. The molecule has 1 aliphatic rings. The number of aromatic nitrogens is 2. The second-order valence-electron chi connectivity index (χ2n) is 4.15. The molecule has 0 amide bonds. The minimum absolute atomic E-state index is 0.420. The van der Waals surface area contributed by atoms with Crippen molar-refractivity contribution >= 4 is 16.5 Å². The van der Waals surface area contributed by atoms with Gasteiger partial charge in [-0.3, -0.25) is 0 Å². The van der Waals surface area contributed by atoms with Gasteiger partial charge in [0.15, 0.2) is 0 Å². The number of benzene rings is 1. The molecule has 0 bridgehead atoms. The van der Waals surface area contributed by atoms with Gasteiger partial charge in [-0.2, -0.15) is 0 Å². The van der Waals surface area contributed by atoms with Gasteiger partial charge in [-0.25, -0.2) is 0 Å². The molecule has 1 unspecified atom stereocenters. The Morgan fingerprint density at radius 1 is 1.25 bits per heavy atom. The Morgan fingerprint density at radius 3 is 2.69 bits per heavy atom. The van der Waals surface area contributed by atoms with Crippen molar-refractivity contribution in [1.82, 2.24) is 9.59 Å². The second-order valence-corrected chi connectivity index (χ2v) is 4.94. The zero-order chi connectivity index (χ0) is 10.8. The van der Waals surface area contributed by atoms with Crippen molar-refractivity contribution in [3.05, 3.63) is 42.1 Å². The van der Waals surface area contributed by atoms with Gasteiger partial charge in [-0.05, 0) is 24.3 Å². The Labute approximate surface area is 98.7 Å². The van der Waals surface area contributed by atoms with Crippen LogP contribution in [-0.4, -0.2) is 9.59 Å². The van der Waals surface area contributed by atoms with E-state index in [2.05, 4.69) is 45.2 Å². The first kappa shape index (κ1) is 9.78. The highest BCUT2D eigenvalue weighted by Crippen LogP contribution is 2.42. The molecule has 4 heteroatoms. The first-order chi connectivity index (χ1) is 7.93. The number of hydrogen-bond donors (Lipinski definition) is 1. The highest BCUT2D eigenvalue weighted by Gasteiger charge is 2.32. The molecule has 1 fully saturated rings. The van der Waals surface area contributed by atoms with Crippen LogP contribution in [0.2, 0.25) is 0 Å². The lowest BCUT2D eigenvalue weighted by Gasteiger charge is -2.18. The SMILES string of the molecule is c1ccc(C(Nc2cnns2)C2CC2)cc1. The average Bonchev–Trinajstić information content (AvgIpc) is 3.05. The van der Waals surface area contributed by atoms with Gasteiger partial charge in [-0.1, -0.05) is 34.8 Å². The number of rotatable bonds is 4. The van der Waals surface area contributed by atoms with Gasteiger partial charge in [0.05, 0.1) is 12.2 Å². The summed E-state index contributed by atoms with van der Waals surface area (Å²) in [5.74, 6) is 0.768. The van der Waals surface area contributed by atoms with Crippen LogP contribution < -0.4 is 5.32 Å². The Kier molecular flexibility index (Phi) is 2.58. The Morgan fingerprint density at radius 2 is 2.06 bits per heavy atom. The molecule has 82 valence electrons. The summed E-state index contributed by atoms with van der Waals surface area (Å²) in [6.45, 7) is 0. The molecule has 0 saturated heterocycles. The third-order valence-electron chi connectivity index (χ3n) is 2.91. The third-order valence-corrected chi connectivity index (χ3v) is 3.51. The lowest BCUT2D eigenvalue weighted by atomic mass is 10.0. The molecule has 1 atom stereocenters. The van der Waals surface area contributed by atoms with E-state index in [1.165, 1.54) is 29.9 Å². The van der Waals surface area contributed by atoms with Crippen LogP contribution in [0.15, 0.2) is 36.5 Å². The normalized spacial score (nSPS) is 17.0. The fourth-order valence-corrected chi connectivity index (χ4v) is 2.40. The van der Waals surface area contributed by atoms with Crippen molar-refractivity contribution < 1.29 is 0 Å². The van der Waals surface area contributed by atoms with Crippen LogP contribution in [0.3, 0.4) is 0 Å². The average molecular weight is 231 g/mol. The van der Waals surface area contributed by atoms with E-state index in [1.807, 2.05) is 0 Å². The third kappa shape index (κ3) is 2.07. The number of hydrogen-bond acceptors (Lipinski definition) is 4. The van der Waals surface area contributed by atoms with Gasteiger partial charge in [0.1, 0.15) is 5.00 Å². The number of nitrogens with one attached hydrogen (secondary N) is 1. The van der Waals surface area contributed by atoms with Gasteiger partial charge in [0.25, 0.3) is 0 Å². The molecule has 1 N–H and O–H groups in total. The van der Waals surface area contributed by atoms with Crippen molar-refractivity contribution in [2.75, 3.05) is 5.32 Å². The molecule has 2 aromatic rings. The molecule has 0 radical (unpaired) electrons. The smallest absolute Gasteiger partial charge is 0.130 e. The molecule has 16 heavy (non-hydrogen) atoms. The summed E-state index contributed by atoms with van der Waals surface area (Å²) in [5.41, 5.74) is 1.36. The lowest BCUT2D eigenvalue weighted by molar-refractivity contribution is 0.681. The zero-order valence-corrected chi connectivity index (χ0v) is 9.65. The largest absolute Gasteiger partial charge is 0.367 e. The molecule has 1 aromatic heterocycles. The Balaban J connectivity index is 1.82. The van der Waals surface area contributed by atoms with Gasteiger partial charge >= 0.3 is 0 Å². The molecule has 1 saturated carbocycles. The molecule has 1 aromatic carbocycles. The maximum Gasteiger partial charge on any atom is 0.130 e. The van der Waals surface area contributed by atoms with Crippen LogP contribution >= 0.6 is 11.5 Å². The maximum absolute atomic E-state index is 3.88. The fraction of sp³-hybridized carbons (Fsp3) is 0.333. The van der Waals surface area contributed by atoms with E-state index in [1.54, 1.807) is 6.20 Å². The monoisotopic (exact) mass is 231 g/mol. The van der Waals surface area contributed by atoms with Crippen molar-refractivity contribution in [2.24, 2.45) is 5.92 Å². The highest BCUT2D eigenvalue weighted by molar-refractivity contribution is 7.09. The molecular weight excluding hydrogens is 218 g/mol. The van der Waals surface area contributed by atoms with Crippen LogP contribution in [0.1, 0.15) is 24.4 Å². The number of anilines is 1. The van der Waals surface area contributed by atoms with Crippen molar-refractivity contribution in [1.29, 1.82) is 0 Å². The van der Waals surface area contributed by atoms with Gasteiger partial charge in [-0.15, -0.1) is 5.10 Å². The predicted octanol–water partition coefficient (Wildman–Crippen LogP) is 3.10. The summed E-state index contributed by atoms with van der Waals surface area (Å²) in [7, 11) is 0. The summed E-state index contributed by atoms with van der Waals surface area (Å²) in [5, 5.41) is 8.44. The second kappa shape index (κ2) is 4.22. The summed E-state index contributed by atoms with van der Waals surface area (Å²) in [6, 6.07) is 11.0. The number of nitrogens with zero attached hydrogens (tertiary/aromatic N) is 2. The summed E-state index contributed by atoms with van der Waals surface area (Å²) < 4.78 is 3.88. The molecule has 0 aliphatic heterocycles. The van der Waals surface area contributed by atoms with Crippen LogP contribution in [0.25, 0.3) is 0 Å².